The average Bonchev–Trinajstić information content (AvgIpc) is 3.25. The van der Waals surface area contributed by atoms with Gasteiger partial charge in [0.1, 0.15) is 16.7 Å². The van der Waals surface area contributed by atoms with Gasteiger partial charge >= 0.3 is 0 Å². The maximum atomic E-state index is 13.7. The first kappa shape index (κ1) is 37.1. The number of hydrogen-bond acceptors (Lipinski definition) is 7. The van der Waals surface area contributed by atoms with E-state index in [4.69, 9.17) is 30.5 Å². The molecule has 48 heavy (non-hydrogen) atoms. The van der Waals surface area contributed by atoms with Gasteiger partial charge in [0.25, 0.3) is 5.91 Å². The van der Waals surface area contributed by atoms with Crippen LogP contribution in [0.1, 0.15) is 99.5 Å². The second-order valence-corrected chi connectivity index (χ2v) is 15.7. The molecule has 266 valence electrons. The van der Waals surface area contributed by atoms with Gasteiger partial charge in [0.2, 0.25) is 0 Å². The smallest absolute Gasteiger partial charge is 0.263 e. The summed E-state index contributed by atoms with van der Waals surface area (Å²) in [6, 6.07) is 11.9. The van der Waals surface area contributed by atoms with Crippen LogP contribution in [0.25, 0.3) is 0 Å². The van der Waals surface area contributed by atoms with Gasteiger partial charge in [0.05, 0.1) is 30.8 Å². The van der Waals surface area contributed by atoms with Crippen LogP contribution in [0.4, 0.5) is 5.69 Å². The van der Waals surface area contributed by atoms with Crippen molar-refractivity contribution in [3.63, 3.8) is 0 Å². The summed E-state index contributed by atoms with van der Waals surface area (Å²) in [6.45, 7) is 10.6. The van der Waals surface area contributed by atoms with E-state index in [0.29, 0.717) is 37.0 Å². The number of fused-ring (bicyclic) bond motifs is 1. The molecule has 1 saturated heterocycles. The van der Waals surface area contributed by atoms with Gasteiger partial charge in [-0.2, -0.15) is 0 Å². The highest BCUT2D eigenvalue weighted by Crippen LogP contribution is 2.43. The third-order valence-electron chi connectivity index (χ3n) is 10.4. The number of methoxy groups -OCH3 is 1. The maximum Gasteiger partial charge on any atom is 0.263 e. The summed E-state index contributed by atoms with van der Waals surface area (Å²) < 4.78 is 40.0. The maximum absolute atomic E-state index is 13.7. The molecule has 1 amide bonds. The molecule has 6 unspecified atom stereocenters. The lowest BCUT2D eigenvalue weighted by atomic mass is 9.71. The number of ether oxygens (including phenoxy) is 4. The van der Waals surface area contributed by atoms with Crippen molar-refractivity contribution in [3.8, 4) is 5.75 Å². The standard InChI is InChI=1S/C38H55ClN2O6S/c1-5-8-26(3)36(16-19-44-4)48(43)40-38(42)29-12-15-35-34(21-29)41(23-30-11-10-27(30)22-37-45-17-7-18-46-37)24-31(25-47-35)33-14-13-32(39)20-28(33)9-6-2/h12-15,20-21,26-27,30-31,36-37H,5-11,16-19,22-25H2,1-4H3,(H,40,42). The molecule has 1 aliphatic carbocycles. The lowest BCUT2D eigenvalue weighted by molar-refractivity contribution is -0.192. The van der Waals surface area contributed by atoms with Gasteiger partial charge in [-0.1, -0.05) is 51.3 Å². The van der Waals surface area contributed by atoms with Gasteiger partial charge < -0.3 is 23.8 Å². The Labute approximate surface area is 295 Å². The Balaban J connectivity index is 1.39. The second kappa shape index (κ2) is 18.2. The van der Waals surface area contributed by atoms with E-state index in [9.17, 15) is 9.00 Å². The Morgan fingerprint density at radius 2 is 1.88 bits per heavy atom. The van der Waals surface area contributed by atoms with Crippen LogP contribution in [0.2, 0.25) is 5.02 Å². The molecule has 10 heteroatoms. The number of carbonyl (C=O) groups is 1. The minimum atomic E-state index is -1.54. The Morgan fingerprint density at radius 3 is 2.58 bits per heavy atom. The number of anilines is 1. The van der Waals surface area contributed by atoms with E-state index >= 15 is 0 Å². The summed E-state index contributed by atoms with van der Waals surface area (Å²) in [7, 11) is 0.109. The van der Waals surface area contributed by atoms with E-state index in [1.807, 2.05) is 18.2 Å². The van der Waals surface area contributed by atoms with Crippen molar-refractivity contribution < 1.29 is 28.0 Å². The highest BCUT2D eigenvalue weighted by atomic mass is 35.5. The molecule has 0 radical (unpaired) electrons. The average molecular weight is 703 g/mol. The predicted molar refractivity (Wildman–Crippen MR) is 193 cm³/mol. The summed E-state index contributed by atoms with van der Waals surface area (Å²) in [5.41, 5.74) is 3.92. The molecule has 3 aliphatic rings. The van der Waals surface area contributed by atoms with Gasteiger partial charge in [-0.05, 0) is 97.7 Å². The highest BCUT2D eigenvalue weighted by molar-refractivity contribution is 7.84. The van der Waals surface area contributed by atoms with Crippen LogP contribution in [0, 0.1) is 17.8 Å². The van der Waals surface area contributed by atoms with Crippen molar-refractivity contribution in [2.45, 2.75) is 96.0 Å². The SMILES string of the molecule is CCCc1cc(Cl)ccc1C1COc2ccc(C(=O)NS(=O)C(CCOC)C(C)CCC)cc2N(CC2CCC2CC2OCCCO2)C1. The number of amides is 1. The number of hydrogen-bond donors (Lipinski definition) is 1. The Hall–Kier alpha value is -2.17. The zero-order chi connectivity index (χ0) is 34.0. The molecule has 0 bridgehead atoms. The molecule has 2 heterocycles. The Kier molecular flexibility index (Phi) is 14.0. The summed E-state index contributed by atoms with van der Waals surface area (Å²) in [5, 5.41) is 0.572. The first-order valence-electron chi connectivity index (χ1n) is 18.0. The van der Waals surface area contributed by atoms with Crippen molar-refractivity contribution in [2.24, 2.45) is 17.8 Å². The fraction of sp³-hybridized carbons (Fsp3) is 0.658. The molecule has 5 rings (SSSR count). The third kappa shape index (κ3) is 9.53. The van der Waals surface area contributed by atoms with Gasteiger partial charge in [0, 0.05) is 49.7 Å². The summed E-state index contributed by atoms with van der Waals surface area (Å²) in [6.07, 6.45) is 8.62. The van der Waals surface area contributed by atoms with Crippen molar-refractivity contribution in [2.75, 3.05) is 51.5 Å². The minimum Gasteiger partial charge on any atom is -0.491 e. The van der Waals surface area contributed by atoms with Crippen molar-refractivity contribution in [1.29, 1.82) is 0 Å². The molecule has 2 aliphatic heterocycles. The van der Waals surface area contributed by atoms with E-state index in [2.05, 4.69) is 42.5 Å². The van der Waals surface area contributed by atoms with E-state index in [-0.39, 0.29) is 29.3 Å². The Bertz CT molecular complexity index is 1370. The van der Waals surface area contributed by atoms with E-state index in [1.54, 1.807) is 13.2 Å². The monoisotopic (exact) mass is 702 g/mol. The number of rotatable bonds is 16. The van der Waals surface area contributed by atoms with Crippen LogP contribution in [-0.2, 0) is 31.6 Å². The van der Waals surface area contributed by atoms with E-state index < -0.39 is 11.0 Å². The third-order valence-corrected chi connectivity index (χ3v) is 12.3. The molecule has 0 aromatic heterocycles. The fourth-order valence-corrected chi connectivity index (χ4v) is 9.07. The summed E-state index contributed by atoms with van der Waals surface area (Å²) in [4.78, 5) is 16.1. The molecule has 1 N–H and O–H groups in total. The van der Waals surface area contributed by atoms with Crippen molar-refractivity contribution in [1.82, 2.24) is 4.72 Å². The molecule has 8 nitrogen and oxygen atoms in total. The fourth-order valence-electron chi connectivity index (χ4n) is 7.55. The zero-order valence-corrected chi connectivity index (χ0v) is 30.8. The van der Waals surface area contributed by atoms with Crippen LogP contribution in [0.3, 0.4) is 0 Å². The van der Waals surface area contributed by atoms with Crippen molar-refractivity contribution >= 4 is 34.2 Å². The molecule has 2 aromatic carbocycles. The number of nitrogens with zero attached hydrogens (tertiary/aromatic N) is 1. The molecule has 2 aromatic rings. The normalized spacial score (nSPS) is 23.3. The van der Waals surface area contributed by atoms with Crippen LogP contribution >= 0.6 is 11.6 Å². The molecule has 2 fully saturated rings. The van der Waals surface area contributed by atoms with Crippen LogP contribution in [-0.4, -0.2) is 68.3 Å². The summed E-state index contributed by atoms with van der Waals surface area (Å²) in [5.74, 6) is 1.77. The van der Waals surface area contributed by atoms with Gasteiger partial charge in [-0.25, -0.2) is 4.21 Å². The highest BCUT2D eigenvalue weighted by Gasteiger charge is 2.37. The summed E-state index contributed by atoms with van der Waals surface area (Å²) >= 11 is 6.45. The predicted octanol–water partition coefficient (Wildman–Crippen LogP) is 7.69. The van der Waals surface area contributed by atoms with Crippen LogP contribution in [0.15, 0.2) is 36.4 Å². The number of carbonyl (C=O) groups excluding carboxylic acids is 1. The largest absolute Gasteiger partial charge is 0.491 e. The van der Waals surface area contributed by atoms with Crippen LogP contribution in [0.5, 0.6) is 5.75 Å². The molecular weight excluding hydrogens is 648 g/mol. The quantitative estimate of drug-likeness (QED) is 0.192. The first-order chi connectivity index (χ1) is 23.3. The van der Waals surface area contributed by atoms with E-state index in [1.165, 1.54) is 17.5 Å². The van der Waals surface area contributed by atoms with Crippen molar-refractivity contribution in [3.05, 3.63) is 58.1 Å². The van der Waals surface area contributed by atoms with Crippen LogP contribution < -0.4 is 14.4 Å². The number of benzene rings is 2. The van der Waals surface area contributed by atoms with E-state index in [0.717, 1.165) is 87.7 Å². The molecule has 1 saturated carbocycles. The first-order valence-corrected chi connectivity index (χ1v) is 19.6. The molecule has 6 atom stereocenters. The van der Waals surface area contributed by atoms with Gasteiger partial charge in [-0.15, -0.1) is 0 Å². The molecular formula is C38H55ClN2O6S. The zero-order valence-electron chi connectivity index (χ0n) is 29.2. The second-order valence-electron chi connectivity index (χ2n) is 13.9. The minimum absolute atomic E-state index is 0.117. The lowest BCUT2D eigenvalue weighted by Crippen LogP contribution is -2.42. The Morgan fingerprint density at radius 1 is 1.08 bits per heavy atom. The number of aryl methyl sites for hydroxylation is 1. The van der Waals surface area contributed by atoms with Gasteiger partial charge in [-0.3, -0.25) is 9.52 Å². The topological polar surface area (TPSA) is 86.3 Å². The number of halogens is 1. The number of nitrogens with one attached hydrogen (secondary N) is 1. The van der Waals surface area contributed by atoms with Gasteiger partial charge in [0.15, 0.2) is 6.29 Å². The lowest BCUT2D eigenvalue weighted by Gasteiger charge is -2.42. The molecule has 0 spiro atoms.